The monoisotopic (exact) mass is 458 g/mol. The summed E-state index contributed by atoms with van der Waals surface area (Å²) >= 11 is 0. The molecule has 1 atom stereocenters. The maximum Gasteiger partial charge on any atom is 0.388 e. The number of halogens is 3. The number of amides is 1. The lowest BCUT2D eigenvalue weighted by molar-refractivity contribution is -0.118. The molecule has 12 heteroatoms. The zero-order chi connectivity index (χ0) is 23.2. The van der Waals surface area contributed by atoms with Gasteiger partial charge in [0.2, 0.25) is 17.7 Å². The second-order valence-electron chi connectivity index (χ2n) is 8.00. The fourth-order valence-electron chi connectivity index (χ4n) is 4.75. The second-order valence-corrected chi connectivity index (χ2v) is 8.00. The molecule has 0 saturated carbocycles. The van der Waals surface area contributed by atoms with E-state index in [0.29, 0.717) is 43.7 Å². The van der Waals surface area contributed by atoms with E-state index in [1.807, 2.05) is 0 Å². The fraction of sp³-hybridized carbons (Fsp3) is 0.381. The lowest BCUT2D eigenvalue weighted by Crippen LogP contribution is -2.34. The van der Waals surface area contributed by atoms with E-state index in [9.17, 15) is 23.2 Å². The molecule has 9 nitrogen and oxygen atoms in total. The molecule has 1 saturated heterocycles. The molecule has 1 spiro atoms. The molecule has 0 unspecified atom stereocenters. The van der Waals surface area contributed by atoms with Crippen LogP contribution in [-0.4, -0.2) is 45.3 Å². The van der Waals surface area contributed by atoms with Gasteiger partial charge in [0.05, 0.1) is 23.5 Å². The Balaban J connectivity index is 1.49. The number of aromatic nitrogens is 4. The van der Waals surface area contributed by atoms with Gasteiger partial charge in [0.1, 0.15) is 11.6 Å². The normalized spacial score (nSPS) is 18.9. The number of nitriles is 1. The molecule has 1 N–H and O–H groups in total. The van der Waals surface area contributed by atoms with Crippen LogP contribution in [0.4, 0.5) is 18.9 Å². The van der Waals surface area contributed by atoms with Gasteiger partial charge in [0.25, 0.3) is 0 Å². The van der Waals surface area contributed by atoms with Gasteiger partial charge < -0.3 is 14.8 Å². The number of ether oxygens (including phenoxy) is 2. The smallest absolute Gasteiger partial charge is 0.388 e. The first-order chi connectivity index (χ1) is 15.9. The van der Waals surface area contributed by atoms with Crippen molar-refractivity contribution in [3.8, 4) is 11.9 Å². The zero-order valence-electron chi connectivity index (χ0n) is 17.1. The predicted molar refractivity (Wildman–Crippen MR) is 106 cm³/mol. The first-order valence-electron chi connectivity index (χ1n) is 10.2. The Morgan fingerprint density at radius 2 is 2.09 bits per heavy atom. The van der Waals surface area contributed by atoms with Crippen molar-refractivity contribution in [3.63, 3.8) is 0 Å². The molecule has 1 aliphatic carbocycles. The number of pyridine rings is 1. The van der Waals surface area contributed by atoms with Gasteiger partial charge in [-0.1, -0.05) is 0 Å². The maximum absolute atomic E-state index is 13.9. The van der Waals surface area contributed by atoms with E-state index in [1.165, 1.54) is 16.6 Å². The zero-order valence-corrected chi connectivity index (χ0v) is 17.1. The van der Waals surface area contributed by atoms with Crippen LogP contribution in [0.2, 0.25) is 0 Å². The van der Waals surface area contributed by atoms with Crippen LogP contribution >= 0.6 is 0 Å². The molecule has 2 aliphatic rings. The van der Waals surface area contributed by atoms with E-state index in [4.69, 9.17) is 4.74 Å². The van der Waals surface area contributed by atoms with Crippen LogP contribution in [0.1, 0.15) is 42.0 Å². The number of hydrogen-bond donors (Lipinski definition) is 1. The lowest BCUT2D eigenvalue weighted by Gasteiger charge is -2.34. The highest BCUT2D eigenvalue weighted by Crippen LogP contribution is 2.51. The Labute approximate surface area is 185 Å². The van der Waals surface area contributed by atoms with Crippen LogP contribution in [0.3, 0.4) is 0 Å². The van der Waals surface area contributed by atoms with Gasteiger partial charge in [-0.05, 0) is 25.3 Å². The van der Waals surface area contributed by atoms with E-state index in [0.717, 1.165) is 11.9 Å². The molecule has 33 heavy (non-hydrogen) atoms. The molecule has 1 fully saturated rings. The molecule has 3 aromatic rings. The van der Waals surface area contributed by atoms with Crippen molar-refractivity contribution in [3.05, 3.63) is 47.3 Å². The number of hydrogen-bond acceptors (Lipinski definition) is 7. The molecular weight excluding hydrogens is 441 g/mol. The van der Waals surface area contributed by atoms with E-state index in [-0.39, 0.29) is 17.2 Å². The summed E-state index contributed by atoms with van der Waals surface area (Å²) in [7, 11) is 0. The largest absolute Gasteiger partial charge is 0.415 e. The van der Waals surface area contributed by atoms with E-state index in [1.54, 1.807) is 12.3 Å². The van der Waals surface area contributed by atoms with Gasteiger partial charge in [0.15, 0.2) is 5.65 Å². The Morgan fingerprint density at radius 1 is 1.30 bits per heavy atom. The van der Waals surface area contributed by atoms with Gasteiger partial charge in [-0.25, -0.2) is 14.5 Å². The Morgan fingerprint density at radius 3 is 2.82 bits per heavy atom. The molecule has 170 valence electrons. The lowest BCUT2D eigenvalue weighted by atomic mass is 9.77. The minimum atomic E-state index is -3.13. The summed E-state index contributed by atoms with van der Waals surface area (Å²) in [6, 6.07) is 4.18. The van der Waals surface area contributed by atoms with Crippen LogP contribution in [0.5, 0.6) is 5.88 Å². The quantitative estimate of drug-likeness (QED) is 0.639. The predicted octanol–water partition coefficient (Wildman–Crippen LogP) is 2.91. The highest BCUT2D eigenvalue weighted by Gasteiger charge is 2.49. The third kappa shape index (κ3) is 3.64. The highest BCUT2D eigenvalue weighted by atomic mass is 19.3. The molecule has 1 amide bonds. The number of carbonyl (C=O) groups is 1. The van der Waals surface area contributed by atoms with Crippen molar-refractivity contribution in [1.29, 1.82) is 5.26 Å². The standard InChI is InChI=1S/C21H17F3N6O3/c22-15-6-16-26-10-14-13(7-21(1-3-32-4-2-21)17(14)30(16)29-15)18(31)28-12-5-11(8-25)19(27-9-12)33-20(23)24/h5-6,9-10,13,20H,1-4,7H2,(H,28,31)/t13-/m1/s1. The van der Waals surface area contributed by atoms with Gasteiger partial charge in [-0.15, -0.1) is 5.10 Å². The number of fused-ring (bicyclic) bond motifs is 4. The first kappa shape index (κ1) is 21.1. The van der Waals surface area contributed by atoms with Crippen LogP contribution in [-0.2, 0) is 14.9 Å². The fourth-order valence-corrected chi connectivity index (χ4v) is 4.75. The summed E-state index contributed by atoms with van der Waals surface area (Å²) < 4.78 is 50.1. The summed E-state index contributed by atoms with van der Waals surface area (Å²) in [5, 5.41) is 15.9. The summed E-state index contributed by atoms with van der Waals surface area (Å²) in [6.45, 7) is -2.13. The maximum atomic E-state index is 13.9. The molecule has 0 bridgehead atoms. The molecule has 3 aromatic heterocycles. The van der Waals surface area contributed by atoms with Gasteiger partial charge >= 0.3 is 6.61 Å². The third-order valence-electron chi connectivity index (χ3n) is 6.16. The van der Waals surface area contributed by atoms with Crippen LogP contribution in [0, 0.1) is 17.3 Å². The molecular formula is C21H17F3N6O3. The summed E-state index contributed by atoms with van der Waals surface area (Å²) in [4.78, 5) is 21.3. The number of anilines is 1. The molecule has 1 aliphatic heterocycles. The van der Waals surface area contributed by atoms with Crippen molar-refractivity contribution in [1.82, 2.24) is 19.6 Å². The number of nitrogens with one attached hydrogen (secondary N) is 1. The summed E-state index contributed by atoms with van der Waals surface area (Å²) in [6.07, 6.45) is 4.44. The van der Waals surface area contributed by atoms with Gasteiger partial charge in [-0.2, -0.15) is 18.4 Å². The summed E-state index contributed by atoms with van der Waals surface area (Å²) in [5.74, 6) is -2.19. The second kappa shape index (κ2) is 8.00. The minimum absolute atomic E-state index is 0.159. The SMILES string of the molecule is N#Cc1cc(NC(=O)[C@@H]2CC3(CCOCC3)c3c2cnc2cc(F)nn32)cnc1OC(F)F. The van der Waals surface area contributed by atoms with Gasteiger partial charge in [0, 0.05) is 36.5 Å². The van der Waals surface area contributed by atoms with Crippen molar-refractivity contribution >= 4 is 17.2 Å². The molecule has 0 aromatic carbocycles. The molecule has 4 heterocycles. The minimum Gasteiger partial charge on any atom is -0.415 e. The topological polar surface area (TPSA) is 114 Å². The van der Waals surface area contributed by atoms with Crippen LogP contribution in [0.25, 0.3) is 5.65 Å². The average Bonchev–Trinajstić information content (AvgIpc) is 3.32. The van der Waals surface area contributed by atoms with Crippen LogP contribution < -0.4 is 10.1 Å². The Hall–Kier alpha value is -3.72. The van der Waals surface area contributed by atoms with Crippen molar-refractivity contribution in [2.45, 2.75) is 37.2 Å². The van der Waals surface area contributed by atoms with Gasteiger partial charge in [-0.3, -0.25) is 4.79 Å². The number of alkyl halides is 2. The molecule has 5 rings (SSSR count). The van der Waals surface area contributed by atoms with E-state index in [2.05, 4.69) is 25.1 Å². The number of nitrogens with zero attached hydrogens (tertiary/aromatic N) is 5. The Kier molecular flexibility index (Phi) is 5.13. The molecule has 0 radical (unpaired) electrons. The van der Waals surface area contributed by atoms with Crippen molar-refractivity contribution < 1.29 is 27.4 Å². The highest BCUT2D eigenvalue weighted by molar-refractivity contribution is 5.97. The van der Waals surface area contributed by atoms with E-state index >= 15 is 0 Å². The average molecular weight is 458 g/mol. The Bertz CT molecular complexity index is 1280. The number of carbonyl (C=O) groups excluding carboxylic acids is 1. The van der Waals surface area contributed by atoms with Crippen molar-refractivity contribution in [2.75, 3.05) is 18.5 Å². The van der Waals surface area contributed by atoms with E-state index < -0.39 is 29.8 Å². The number of rotatable bonds is 4. The van der Waals surface area contributed by atoms with Crippen molar-refractivity contribution in [2.24, 2.45) is 0 Å². The van der Waals surface area contributed by atoms with Crippen LogP contribution in [0.15, 0.2) is 24.5 Å². The first-order valence-corrected chi connectivity index (χ1v) is 10.2. The summed E-state index contributed by atoms with van der Waals surface area (Å²) in [5.41, 5.74) is 1.23. The third-order valence-corrected chi connectivity index (χ3v) is 6.16.